The highest BCUT2D eigenvalue weighted by Crippen LogP contribution is 2.32. The second-order valence-electron chi connectivity index (χ2n) is 10.9. The van der Waals surface area contributed by atoms with Crippen molar-refractivity contribution in [3.8, 4) is 6.07 Å². The first-order valence-electron chi connectivity index (χ1n) is 14.5. The first-order valence-corrected chi connectivity index (χ1v) is 14.9. The van der Waals surface area contributed by atoms with E-state index in [1.165, 1.54) is 12.1 Å². The number of thiocarbonyl (C=S) groups is 1. The number of imidazole rings is 1. The van der Waals surface area contributed by atoms with E-state index in [2.05, 4.69) is 21.7 Å². The smallest absolute Gasteiger partial charge is 0.351 e. The molecule has 1 heterocycles. The van der Waals surface area contributed by atoms with E-state index in [-0.39, 0.29) is 36.1 Å². The Morgan fingerprint density at radius 3 is 2.49 bits per heavy atom. The zero-order valence-corrected chi connectivity index (χ0v) is 26.2. The van der Waals surface area contributed by atoms with Crippen LogP contribution < -0.4 is 10.6 Å². The molecule has 0 spiro atoms. The lowest BCUT2D eigenvalue weighted by Crippen LogP contribution is -2.47. The van der Waals surface area contributed by atoms with Gasteiger partial charge in [0.25, 0.3) is 0 Å². The Morgan fingerprint density at radius 2 is 1.82 bits per heavy atom. The topological polar surface area (TPSA) is 86.0 Å². The van der Waals surface area contributed by atoms with E-state index >= 15 is 0 Å². The van der Waals surface area contributed by atoms with Crippen LogP contribution >= 0.6 is 12.2 Å². The zero-order valence-electron chi connectivity index (χ0n) is 25.4. The number of rotatable bonds is 11. The number of nitrogens with one attached hydrogen (secondary N) is 2. The molecular weight excluding hydrogens is 597 g/mol. The molecular formula is C34H35F3N6OS. The van der Waals surface area contributed by atoms with Gasteiger partial charge in [-0.05, 0) is 85.1 Å². The molecule has 0 saturated carbocycles. The van der Waals surface area contributed by atoms with Gasteiger partial charge in [0.2, 0.25) is 5.91 Å². The van der Waals surface area contributed by atoms with Crippen LogP contribution in [0.1, 0.15) is 52.4 Å². The summed E-state index contributed by atoms with van der Waals surface area (Å²) in [5.74, 6) is -0.243. The highest BCUT2D eigenvalue weighted by atomic mass is 32.1. The predicted octanol–water partition coefficient (Wildman–Crippen LogP) is 6.78. The molecule has 0 aliphatic carbocycles. The van der Waals surface area contributed by atoms with E-state index in [0.717, 1.165) is 28.4 Å². The Kier molecular flexibility index (Phi) is 11.0. The number of amides is 1. The maximum Gasteiger partial charge on any atom is 0.416 e. The molecule has 0 unspecified atom stereocenters. The summed E-state index contributed by atoms with van der Waals surface area (Å²) < 4.78 is 43.5. The average Bonchev–Trinajstić information content (AvgIpc) is 3.44. The number of halogens is 3. The molecule has 45 heavy (non-hydrogen) atoms. The lowest BCUT2D eigenvalue weighted by Gasteiger charge is -2.31. The van der Waals surface area contributed by atoms with Crippen molar-refractivity contribution in [2.45, 2.75) is 58.9 Å². The van der Waals surface area contributed by atoms with Gasteiger partial charge in [0.1, 0.15) is 0 Å². The number of nitriles is 1. The number of aromatic nitrogens is 2. The monoisotopic (exact) mass is 632 g/mol. The summed E-state index contributed by atoms with van der Waals surface area (Å²) in [6.45, 7) is 6.44. The van der Waals surface area contributed by atoms with E-state index in [4.69, 9.17) is 17.5 Å². The summed E-state index contributed by atoms with van der Waals surface area (Å²) in [7, 11) is 0. The molecule has 0 radical (unpaired) electrons. The highest BCUT2D eigenvalue weighted by Gasteiger charge is 2.33. The van der Waals surface area contributed by atoms with Crippen LogP contribution in [-0.4, -0.2) is 38.1 Å². The summed E-state index contributed by atoms with van der Waals surface area (Å²) in [6.07, 6.45) is -0.651. The van der Waals surface area contributed by atoms with Crippen molar-refractivity contribution < 1.29 is 18.0 Å². The Labute approximate surface area is 266 Å². The fraction of sp³-hybridized carbons (Fsp3) is 0.294. The van der Waals surface area contributed by atoms with Crippen LogP contribution in [-0.2, 0) is 30.5 Å². The number of benzene rings is 3. The quantitative estimate of drug-likeness (QED) is 0.178. The number of anilines is 1. The summed E-state index contributed by atoms with van der Waals surface area (Å²) in [4.78, 5) is 19.1. The highest BCUT2D eigenvalue weighted by molar-refractivity contribution is 7.80. The van der Waals surface area contributed by atoms with Crippen LogP contribution in [0.25, 0.3) is 0 Å². The van der Waals surface area contributed by atoms with Gasteiger partial charge in [-0.15, -0.1) is 0 Å². The number of aryl methyl sites for hydroxylation is 2. The fourth-order valence-corrected chi connectivity index (χ4v) is 5.14. The lowest BCUT2D eigenvalue weighted by atomic mass is 10.1. The minimum Gasteiger partial charge on any atom is -0.351 e. The Balaban J connectivity index is 1.49. The molecule has 4 rings (SSSR count). The van der Waals surface area contributed by atoms with Crippen LogP contribution in [0.5, 0.6) is 0 Å². The van der Waals surface area contributed by atoms with E-state index in [1.54, 1.807) is 35.6 Å². The molecule has 4 aromatic rings. The van der Waals surface area contributed by atoms with Gasteiger partial charge in [-0.3, -0.25) is 4.79 Å². The van der Waals surface area contributed by atoms with E-state index in [1.807, 2.05) is 55.7 Å². The zero-order chi connectivity index (χ0) is 32.6. The Morgan fingerprint density at radius 1 is 1.09 bits per heavy atom. The summed E-state index contributed by atoms with van der Waals surface area (Å²) >= 11 is 5.73. The van der Waals surface area contributed by atoms with Crippen LogP contribution in [0.4, 0.5) is 18.9 Å². The molecule has 7 nitrogen and oxygen atoms in total. The van der Waals surface area contributed by atoms with Gasteiger partial charge < -0.3 is 20.1 Å². The summed E-state index contributed by atoms with van der Waals surface area (Å²) in [6, 6.07) is 20.1. The van der Waals surface area contributed by atoms with Crippen molar-refractivity contribution in [2.75, 3.05) is 11.9 Å². The van der Waals surface area contributed by atoms with Gasteiger partial charge in [-0.25, -0.2) is 4.98 Å². The number of alkyl halides is 3. The van der Waals surface area contributed by atoms with Crippen molar-refractivity contribution in [1.82, 2.24) is 19.8 Å². The average molecular weight is 633 g/mol. The summed E-state index contributed by atoms with van der Waals surface area (Å²) in [5, 5.41) is 15.5. The van der Waals surface area contributed by atoms with Gasteiger partial charge in [0.05, 0.1) is 29.9 Å². The van der Waals surface area contributed by atoms with Crippen molar-refractivity contribution in [3.05, 3.63) is 118 Å². The third kappa shape index (κ3) is 9.16. The minimum atomic E-state index is -4.52. The summed E-state index contributed by atoms with van der Waals surface area (Å²) in [5.41, 5.74) is 4.47. The Hall–Kier alpha value is -4.69. The Bertz CT molecular complexity index is 1680. The third-order valence-electron chi connectivity index (χ3n) is 7.60. The molecule has 1 aromatic heterocycles. The van der Waals surface area contributed by atoms with Gasteiger partial charge in [-0.2, -0.15) is 18.4 Å². The van der Waals surface area contributed by atoms with Crippen LogP contribution in [0, 0.1) is 25.2 Å². The maximum atomic E-state index is 13.9. The van der Waals surface area contributed by atoms with Gasteiger partial charge in [0, 0.05) is 43.3 Å². The van der Waals surface area contributed by atoms with Crippen LogP contribution in [0.15, 0.2) is 79.3 Å². The standard InChI is InChI=1S/C34H35F3N6OS/c1-4-28(40-32(44)16-30-18-39-22-43(30)19-26-12-10-25(17-38)11-13-26)21-42(20-27-7-5-6-8-31(27)34(35,36)37)33(45)41-29-14-9-23(2)24(3)15-29/h5-15,18,22,28H,4,16,19-21H2,1-3H3,(H,40,44)(H,41,45)/t28-/m0/s1. The van der Waals surface area contributed by atoms with E-state index in [0.29, 0.717) is 24.2 Å². The van der Waals surface area contributed by atoms with Crippen molar-refractivity contribution >= 4 is 28.9 Å². The molecule has 0 aliphatic heterocycles. The third-order valence-corrected chi connectivity index (χ3v) is 7.96. The first kappa shape index (κ1) is 33.2. The van der Waals surface area contributed by atoms with Crippen molar-refractivity contribution in [3.63, 3.8) is 0 Å². The number of hydrogen-bond acceptors (Lipinski definition) is 4. The molecule has 1 atom stereocenters. The van der Waals surface area contributed by atoms with Crippen molar-refractivity contribution in [2.24, 2.45) is 0 Å². The molecule has 0 aliphatic rings. The second kappa shape index (κ2) is 14.9. The van der Waals surface area contributed by atoms with E-state index < -0.39 is 17.8 Å². The number of nitrogens with zero attached hydrogens (tertiary/aromatic N) is 4. The normalized spacial score (nSPS) is 11.8. The lowest BCUT2D eigenvalue weighted by molar-refractivity contribution is -0.138. The van der Waals surface area contributed by atoms with Crippen LogP contribution in [0.3, 0.4) is 0 Å². The number of carbonyl (C=O) groups excluding carboxylic acids is 1. The number of carbonyl (C=O) groups is 1. The van der Waals surface area contributed by atoms with Gasteiger partial charge >= 0.3 is 6.18 Å². The SMILES string of the molecule is CC[C@@H](CN(Cc1ccccc1C(F)(F)F)C(=S)Nc1ccc(C)c(C)c1)NC(=O)Cc1cncn1Cc1ccc(C#N)cc1. The molecule has 11 heteroatoms. The molecule has 2 N–H and O–H groups in total. The molecule has 0 saturated heterocycles. The van der Waals surface area contributed by atoms with Gasteiger partial charge in [-0.1, -0.05) is 43.3 Å². The van der Waals surface area contributed by atoms with Crippen LogP contribution in [0.2, 0.25) is 0 Å². The minimum absolute atomic E-state index is 0.0645. The maximum absolute atomic E-state index is 13.9. The molecule has 0 bridgehead atoms. The molecule has 0 fully saturated rings. The second-order valence-corrected chi connectivity index (χ2v) is 11.3. The molecule has 1 amide bonds. The van der Waals surface area contributed by atoms with Crippen molar-refractivity contribution in [1.29, 1.82) is 5.26 Å². The first-order chi connectivity index (χ1) is 21.5. The molecule has 3 aromatic carbocycles. The molecule has 234 valence electrons. The number of hydrogen-bond donors (Lipinski definition) is 2. The fourth-order valence-electron chi connectivity index (χ4n) is 4.89. The van der Waals surface area contributed by atoms with Gasteiger partial charge in [0.15, 0.2) is 5.11 Å². The predicted molar refractivity (Wildman–Crippen MR) is 172 cm³/mol. The van der Waals surface area contributed by atoms with E-state index in [9.17, 15) is 18.0 Å². The largest absolute Gasteiger partial charge is 0.416 e.